The van der Waals surface area contributed by atoms with Crippen LogP contribution in [0.3, 0.4) is 0 Å². The van der Waals surface area contributed by atoms with Crippen molar-refractivity contribution >= 4 is 16.7 Å². The number of aryl methyl sites for hydroxylation is 1. The van der Waals surface area contributed by atoms with Crippen molar-refractivity contribution in [3.8, 4) is 11.3 Å². The van der Waals surface area contributed by atoms with E-state index in [1.807, 2.05) is 7.05 Å². The molecule has 3 heterocycles. The van der Waals surface area contributed by atoms with Crippen molar-refractivity contribution < 1.29 is 22.0 Å². The molecule has 6 nitrogen and oxygen atoms in total. The molecule has 1 N–H and O–H groups in total. The number of hydrogen-bond donors (Lipinski definition) is 1. The Kier molecular flexibility index (Phi) is 5.54. The molecule has 0 spiro atoms. The standard InChI is InChI=1S/C20H21F5N6/c1-30-7-3-4-12(10-30)27-19-17-15(9-26-31(17)2)16(28-29-19)13-6-5-11(20(23,24)25)8-14(13)18(21)22/h5-6,8-9,12,18H,3-4,7,10H2,1-2H3,(H,27,29)/t12-/m1/s1. The molecule has 0 bridgehead atoms. The fraction of sp³-hybridized carbons (Fsp3) is 0.450. The summed E-state index contributed by atoms with van der Waals surface area (Å²) in [6.07, 6.45) is -4.40. The van der Waals surface area contributed by atoms with Gasteiger partial charge in [0.15, 0.2) is 5.82 Å². The van der Waals surface area contributed by atoms with Gasteiger partial charge < -0.3 is 10.2 Å². The van der Waals surface area contributed by atoms with Crippen molar-refractivity contribution in [2.75, 3.05) is 25.5 Å². The van der Waals surface area contributed by atoms with Gasteiger partial charge in [-0.05, 0) is 38.6 Å². The zero-order chi connectivity index (χ0) is 22.3. The lowest BCUT2D eigenvalue weighted by Gasteiger charge is -2.30. The summed E-state index contributed by atoms with van der Waals surface area (Å²) >= 11 is 0. The van der Waals surface area contributed by atoms with E-state index in [1.54, 1.807) is 11.7 Å². The quantitative estimate of drug-likeness (QED) is 0.606. The van der Waals surface area contributed by atoms with E-state index in [-0.39, 0.29) is 17.3 Å². The number of nitrogens with one attached hydrogen (secondary N) is 1. The minimum absolute atomic E-state index is 0.0680. The first-order chi connectivity index (χ1) is 14.6. The van der Waals surface area contributed by atoms with Crippen LogP contribution in [0.4, 0.5) is 27.8 Å². The summed E-state index contributed by atoms with van der Waals surface area (Å²) in [5.41, 5.74) is -1.36. The Morgan fingerprint density at radius 1 is 1.16 bits per heavy atom. The third kappa shape index (κ3) is 4.18. The van der Waals surface area contributed by atoms with E-state index in [0.717, 1.165) is 38.1 Å². The third-order valence-corrected chi connectivity index (χ3v) is 5.50. The van der Waals surface area contributed by atoms with Gasteiger partial charge in [-0.2, -0.15) is 18.3 Å². The van der Waals surface area contributed by atoms with Crippen LogP contribution >= 0.6 is 0 Å². The Morgan fingerprint density at radius 2 is 1.94 bits per heavy atom. The summed E-state index contributed by atoms with van der Waals surface area (Å²) in [5, 5.41) is 16.3. The monoisotopic (exact) mass is 440 g/mol. The van der Waals surface area contributed by atoms with Crippen molar-refractivity contribution in [1.82, 2.24) is 24.9 Å². The van der Waals surface area contributed by atoms with Crippen molar-refractivity contribution in [3.63, 3.8) is 0 Å². The van der Waals surface area contributed by atoms with Gasteiger partial charge in [-0.1, -0.05) is 6.07 Å². The van der Waals surface area contributed by atoms with Crippen LogP contribution in [0.5, 0.6) is 0 Å². The SMILES string of the molecule is CN1CCC[C@@H](Nc2nnc(-c3ccc(C(F)(F)F)cc3C(F)F)c3cnn(C)c23)C1. The Bertz CT molecular complexity index is 1090. The molecule has 1 saturated heterocycles. The summed E-state index contributed by atoms with van der Waals surface area (Å²) in [5.74, 6) is 0.463. The van der Waals surface area contributed by atoms with Crippen molar-refractivity contribution in [2.45, 2.75) is 31.5 Å². The highest BCUT2D eigenvalue weighted by Gasteiger charge is 2.33. The van der Waals surface area contributed by atoms with E-state index in [1.165, 1.54) is 6.20 Å². The molecule has 1 atom stereocenters. The average molecular weight is 440 g/mol. The maximum Gasteiger partial charge on any atom is 0.416 e. The molecule has 4 rings (SSSR count). The number of likely N-dealkylation sites (tertiary alicyclic amines) is 1. The Labute approximate surface area is 175 Å². The number of benzene rings is 1. The van der Waals surface area contributed by atoms with Crippen LogP contribution in [0.15, 0.2) is 24.4 Å². The zero-order valence-electron chi connectivity index (χ0n) is 16.9. The lowest BCUT2D eigenvalue weighted by Crippen LogP contribution is -2.40. The maximum atomic E-state index is 13.7. The van der Waals surface area contributed by atoms with Crippen LogP contribution in [-0.4, -0.2) is 51.1 Å². The largest absolute Gasteiger partial charge is 0.416 e. The fourth-order valence-electron chi connectivity index (χ4n) is 4.00. The molecule has 2 aromatic heterocycles. The average Bonchev–Trinajstić information content (AvgIpc) is 3.09. The number of likely N-dealkylation sites (N-methyl/N-ethyl adjacent to an activating group) is 1. The second-order valence-corrected chi connectivity index (χ2v) is 7.77. The van der Waals surface area contributed by atoms with Gasteiger partial charge in [-0.15, -0.1) is 10.2 Å². The van der Waals surface area contributed by atoms with Crippen molar-refractivity contribution in [1.29, 1.82) is 0 Å². The van der Waals surface area contributed by atoms with Crippen LogP contribution in [0.25, 0.3) is 22.2 Å². The van der Waals surface area contributed by atoms with Crippen molar-refractivity contribution in [3.05, 3.63) is 35.5 Å². The first-order valence-corrected chi connectivity index (χ1v) is 9.78. The zero-order valence-corrected chi connectivity index (χ0v) is 16.9. The molecule has 1 fully saturated rings. The van der Waals surface area contributed by atoms with Crippen LogP contribution in [0.2, 0.25) is 0 Å². The normalized spacial score (nSPS) is 18.1. The van der Waals surface area contributed by atoms with Crippen LogP contribution in [-0.2, 0) is 13.2 Å². The minimum Gasteiger partial charge on any atom is -0.363 e. The number of alkyl halides is 5. The number of piperidine rings is 1. The molecule has 0 saturated carbocycles. The molecule has 1 aliphatic rings. The molecule has 3 aromatic rings. The Morgan fingerprint density at radius 3 is 2.61 bits per heavy atom. The molecule has 0 amide bonds. The predicted molar refractivity (Wildman–Crippen MR) is 106 cm³/mol. The summed E-state index contributed by atoms with van der Waals surface area (Å²) < 4.78 is 67.9. The Balaban J connectivity index is 1.80. The van der Waals surface area contributed by atoms with Gasteiger partial charge in [0.2, 0.25) is 0 Å². The molecule has 0 aliphatic carbocycles. The van der Waals surface area contributed by atoms with Crippen molar-refractivity contribution in [2.24, 2.45) is 7.05 Å². The fourth-order valence-corrected chi connectivity index (χ4v) is 4.00. The molecular weight excluding hydrogens is 419 g/mol. The maximum absolute atomic E-state index is 13.7. The van der Waals surface area contributed by atoms with Gasteiger partial charge in [0.1, 0.15) is 11.2 Å². The molecule has 0 unspecified atom stereocenters. The molecule has 11 heteroatoms. The number of aromatic nitrogens is 4. The van der Waals surface area contributed by atoms with Gasteiger partial charge >= 0.3 is 6.18 Å². The van der Waals surface area contributed by atoms with E-state index in [4.69, 9.17) is 0 Å². The van der Waals surface area contributed by atoms with E-state index in [2.05, 4.69) is 25.5 Å². The molecule has 1 aromatic carbocycles. The third-order valence-electron chi connectivity index (χ3n) is 5.50. The van der Waals surface area contributed by atoms with E-state index >= 15 is 0 Å². The number of rotatable bonds is 4. The topological polar surface area (TPSA) is 58.9 Å². The number of nitrogens with zero attached hydrogens (tertiary/aromatic N) is 5. The number of fused-ring (bicyclic) bond motifs is 1. The predicted octanol–water partition coefficient (Wildman–Crippen LogP) is 4.49. The Hall–Kier alpha value is -2.82. The smallest absolute Gasteiger partial charge is 0.363 e. The van der Waals surface area contributed by atoms with E-state index in [0.29, 0.717) is 22.8 Å². The lowest BCUT2D eigenvalue weighted by molar-refractivity contribution is -0.137. The highest BCUT2D eigenvalue weighted by Crippen LogP contribution is 2.39. The number of halogens is 5. The molecule has 31 heavy (non-hydrogen) atoms. The second kappa shape index (κ2) is 8.03. The van der Waals surface area contributed by atoms with E-state index in [9.17, 15) is 22.0 Å². The molecule has 0 radical (unpaired) electrons. The summed E-state index contributed by atoms with van der Waals surface area (Å²) in [6.45, 7) is 1.82. The van der Waals surface area contributed by atoms with Crippen LogP contribution in [0, 0.1) is 0 Å². The van der Waals surface area contributed by atoms with Gasteiger partial charge in [0.05, 0.1) is 17.1 Å². The summed E-state index contributed by atoms with van der Waals surface area (Å²) in [4.78, 5) is 2.19. The van der Waals surface area contributed by atoms with Gasteiger partial charge in [-0.3, -0.25) is 4.68 Å². The van der Waals surface area contributed by atoms with Crippen LogP contribution < -0.4 is 5.32 Å². The molecule has 1 aliphatic heterocycles. The highest BCUT2D eigenvalue weighted by molar-refractivity contribution is 5.98. The minimum atomic E-state index is -4.72. The first kappa shape index (κ1) is 21.4. The molecule has 166 valence electrons. The first-order valence-electron chi connectivity index (χ1n) is 9.78. The summed E-state index contributed by atoms with van der Waals surface area (Å²) in [7, 11) is 3.71. The number of anilines is 1. The number of hydrogen-bond acceptors (Lipinski definition) is 5. The van der Waals surface area contributed by atoms with Gasteiger partial charge in [-0.25, -0.2) is 8.78 Å². The second-order valence-electron chi connectivity index (χ2n) is 7.77. The molecular formula is C20H21F5N6. The van der Waals surface area contributed by atoms with E-state index < -0.39 is 23.7 Å². The van der Waals surface area contributed by atoms with Crippen LogP contribution in [0.1, 0.15) is 30.4 Å². The van der Waals surface area contributed by atoms with Gasteiger partial charge in [0, 0.05) is 30.8 Å². The highest BCUT2D eigenvalue weighted by atomic mass is 19.4. The van der Waals surface area contributed by atoms with Gasteiger partial charge in [0.25, 0.3) is 6.43 Å². The lowest BCUT2D eigenvalue weighted by atomic mass is 9.99. The summed E-state index contributed by atoms with van der Waals surface area (Å²) in [6, 6.07) is 2.40.